The molecule has 1 aromatic carbocycles. The second kappa shape index (κ2) is 9.16. The Morgan fingerprint density at radius 3 is 2.79 bits per heavy atom. The summed E-state index contributed by atoms with van der Waals surface area (Å²) in [7, 11) is 0. The minimum Gasteiger partial charge on any atom is -0.376 e. The summed E-state index contributed by atoms with van der Waals surface area (Å²) in [4.78, 5) is 3.93. The smallest absolute Gasteiger partial charge is 0.169 e. The van der Waals surface area contributed by atoms with Gasteiger partial charge in [-0.25, -0.2) is 0 Å². The monoisotopic (exact) mass is 346 g/mol. The molecule has 2 aliphatic heterocycles. The number of nitrogens with one attached hydrogen (secondary N) is 2. The molecule has 5 heteroatoms. The molecule has 1 aromatic rings. The van der Waals surface area contributed by atoms with Gasteiger partial charge in [-0.1, -0.05) is 36.4 Å². The van der Waals surface area contributed by atoms with Gasteiger partial charge in [-0.15, -0.1) is 0 Å². The Kier molecular flexibility index (Phi) is 6.64. The van der Waals surface area contributed by atoms with E-state index < -0.39 is 0 Å². The molecule has 2 aliphatic rings. The van der Waals surface area contributed by atoms with E-state index in [1.807, 2.05) is 0 Å². The molecule has 0 unspecified atom stereocenters. The van der Waals surface area contributed by atoms with Gasteiger partial charge in [0.05, 0.1) is 38.8 Å². The largest absolute Gasteiger partial charge is 0.376 e. The van der Waals surface area contributed by atoms with Gasteiger partial charge in [0, 0.05) is 13.2 Å². The Labute approximate surface area is 150 Å². The zero-order valence-corrected chi connectivity index (χ0v) is 15.1. The molecule has 0 spiro atoms. The van der Waals surface area contributed by atoms with Gasteiger partial charge >= 0.3 is 0 Å². The number of piperazine rings is 1. The van der Waals surface area contributed by atoms with Crippen molar-refractivity contribution in [1.29, 1.82) is 0 Å². The molecule has 2 fully saturated rings. The topological polar surface area (TPSA) is 28.9 Å². The molecule has 24 heavy (non-hydrogen) atoms. The molecule has 0 radical (unpaired) electrons. The van der Waals surface area contributed by atoms with Crippen LogP contribution in [0.25, 0.3) is 6.08 Å². The zero-order chi connectivity index (χ0) is 16.6. The third-order valence-electron chi connectivity index (χ3n) is 4.78. The van der Waals surface area contributed by atoms with Crippen LogP contribution in [0.5, 0.6) is 0 Å². The van der Waals surface area contributed by atoms with Crippen molar-refractivity contribution >= 4 is 23.4 Å². The lowest BCUT2D eigenvalue weighted by molar-refractivity contribution is -0.897. The number of benzene rings is 1. The van der Waals surface area contributed by atoms with Gasteiger partial charge in [0.15, 0.2) is 5.11 Å². The number of rotatable bonds is 5. The number of ether oxygens (including phenoxy) is 1. The maximum absolute atomic E-state index is 5.64. The molecular formula is C19H28N3OS+. The van der Waals surface area contributed by atoms with E-state index >= 15 is 0 Å². The molecule has 3 rings (SSSR count). The minimum absolute atomic E-state index is 0.345. The quantitative estimate of drug-likeness (QED) is 0.777. The molecule has 0 saturated carbocycles. The fraction of sp³-hybridized carbons (Fsp3) is 0.526. The van der Waals surface area contributed by atoms with Crippen LogP contribution in [-0.4, -0.2) is 62.0 Å². The van der Waals surface area contributed by atoms with E-state index in [4.69, 9.17) is 17.0 Å². The van der Waals surface area contributed by atoms with Crippen LogP contribution in [0.3, 0.4) is 0 Å². The molecule has 2 N–H and O–H groups in total. The first-order valence-electron chi connectivity index (χ1n) is 9.01. The fourth-order valence-electron chi connectivity index (χ4n) is 3.27. The van der Waals surface area contributed by atoms with E-state index in [1.165, 1.54) is 12.0 Å². The van der Waals surface area contributed by atoms with Crippen molar-refractivity contribution < 1.29 is 9.64 Å². The van der Waals surface area contributed by atoms with Gasteiger partial charge in [-0.2, -0.15) is 0 Å². The molecular weight excluding hydrogens is 318 g/mol. The lowest BCUT2D eigenvalue weighted by Gasteiger charge is -2.33. The van der Waals surface area contributed by atoms with Gasteiger partial charge in [0.1, 0.15) is 0 Å². The highest BCUT2D eigenvalue weighted by molar-refractivity contribution is 7.80. The van der Waals surface area contributed by atoms with Crippen molar-refractivity contribution in [3.63, 3.8) is 0 Å². The van der Waals surface area contributed by atoms with E-state index in [1.54, 1.807) is 4.90 Å². The maximum atomic E-state index is 5.64. The second-order valence-corrected chi connectivity index (χ2v) is 6.96. The third-order valence-corrected chi connectivity index (χ3v) is 5.18. The van der Waals surface area contributed by atoms with Crippen LogP contribution in [0, 0.1) is 0 Å². The van der Waals surface area contributed by atoms with Crippen LogP contribution >= 0.6 is 12.2 Å². The maximum Gasteiger partial charge on any atom is 0.169 e. The molecule has 2 heterocycles. The molecule has 4 nitrogen and oxygen atoms in total. The van der Waals surface area contributed by atoms with Crippen LogP contribution in [-0.2, 0) is 4.74 Å². The van der Waals surface area contributed by atoms with E-state index in [2.05, 4.69) is 52.7 Å². The average Bonchev–Trinajstić information content (AvgIpc) is 3.15. The Hall–Kier alpha value is -1.43. The standard InChI is InChI=1S/C19H27N3OS/c24-19(20-16-18-9-5-15-23-18)22-13-11-21(12-14-22)10-4-8-17-6-2-1-3-7-17/h1-4,6-8,18H,5,9-16H2,(H,20,24)/p+1/b8-4+/t18-/m0/s1. The van der Waals surface area contributed by atoms with Gasteiger partial charge < -0.3 is 19.9 Å². The number of quaternary nitrogens is 1. The summed E-state index contributed by atoms with van der Waals surface area (Å²) in [6.45, 7) is 7.18. The van der Waals surface area contributed by atoms with Crippen LogP contribution < -0.4 is 10.2 Å². The predicted octanol–water partition coefficient (Wildman–Crippen LogP) is 0.954. The van der Waals surface area contributed by atoms with Crippen LogP contribution in [0.1, 0.15) is 18.4 Å². The molecule has 0 aromatic heterocycles. The Morgan fingerprint density at radius 1 is 1.29 bits per heavy atom. The van der Waals surface area contributed by atoms with Crippen LogP contribution in [0.2, 0.25) is 0 Å². The first-order valence-corrected chi connectivity index (χ1v) is 9.41. The first-order chi connectivity index (χ1) is 11.8. The Bertz CT molecular complexity index is 535. The Balaban J connectivity index is 1.34. The summed E-state index contributed by atoms with van der Waals surface area (Å²) in [5.74, 6) is 0. The van der Waals surface area contributed by atoms with Crippen molar-refractivity contribution in [2.24, 2.45) is 0 Å². The first kappa shape index (κ1) is 17.4. The summed E-state index contributed by atoms with van der Waals surface area (Å²) in [6.07, 6.45) is 7.18. The van der Waals surface area contributed by atoms with E-state index in [0.717, 1.165) is 57.4 Å². The zero-order valence-electron chi connectivity index (χ0n) is 14.2. The van der Waals surface area contributed by atoms with Gasteiger partial charge in [-0.05, 0) is 36.7 Å². The molecule has 1 atom stereocenters. The van der Waals surface area contributed by atoms with Crippen molar-refractivity contribution in [2.75, 3.05) is 45.9 Å². The van der Waals surface area contributed by atoms with E-state index in [0.29, 0.717) is 6.10 Å². The third kappa shape index (κ3) is 5.30. The Morgan fingerprint density at radius 2 is 2.08 bits per heavy atom. The molecule has 0 amide bonds. The highest BCUT2D eigenvalue weighted by Crippen LogP contribution is 2.10. The van der Waals surface area contributed by atoms with Gasteiger partial charge in [-0.3, -0.25) is 0 Å². The summed E-state index contributed by atoms with van der Waals surface area (Å²) in [5, 5.41) is 4.28. The molecule has 0 aliphatic carbocycles. The number of thiocarbonyl (C=S) groups is 1. The SMILES string of the molecule is S=C(NC[C@@H]1CCCO1)N1CC[NH+](C/C=C/c2ccccc2)CC1. The summed E-state index contributed by atoms with van der Waals surface area (Å²) < 4.78 is 5.64. The molecule has 130 valence electrons. The average molecular weight is 347 g/mol. The van der Waals surface area contributed by atoms with Crippen molar-refractivity contribution in [3.8, 4) is 0 Å². The van der Waals surface area contributed by atoms with E-state index in [9.17, 15) is 0 Å². The van der Waals surface area contributed by atoms with E-state index in [-0.39, 0.29) is 0 Å². The van der Waals surface area contributed by atoms with Gasteiger partial charge in [0.25, 0.3) is 0 Å². The normalized spacial score (nSPS) is 22.2. The van der Waals surface area contributed by atoms with Crippen LogP contribution in [0.15, 0.2) is 36.4 Å². The van der Waals surface area contributed by atoms with Crippen molar-refractivity contribution in [1.82, 2.24) is 10.2 Å². The number of hydrogen-bond donors (Lipinski definition) is 2. The fourth-order valence-corrected chi connectivity index (χ4v) is 3.54. The second-order valence-electron chi connectivity index (χ2n) is 6.58. The van der Waals surface area contributed by atoms with Gasteiger partial charge in [0.2, 0.25) is 0 Å². The summed E-state index contributed by atoms with van der Waals surface area (Å²) >= 11 is 5.53. The lowest BCUT2D eigenvalue weighted by atomic mass is 10.2. The highest BCUT2D eigenvalue weighted by atomic mass is 32.1. The van der Waals surface area contributed by atoms with Crippen molar-refractivity contribution in [3.05, 3.63) is 42.0 Å². The number of nitrogens with zero attached hydrogens (tertiary/aromatic N) is 1. The van der Waals surface area contributed by atoms with Crippen molar-refractivity contribution in [2.45, 2.75) is 18.9 Å². The molecule has 0 bridgehead atoms. The summed E-state index contributed by atoms with van der Waals surface area (Å²) in [6, 6.07) is 10.5. The predicted molar refractivity (Wildman–Crippen MR) is 102 cm³/mol. The minimum atomic E-state index is 0.345. The highest BCUT2D eigenvalue weighted by Gasteiger charge is 2.22. The number of hydrogen-bond acceptors (Lipinski definition) is 2. The lowest BCUT2D eigenvalue weighted by Crippen LogP contribution is -3.14. The molecule has 2 saturated heterocycles. The van der Waals surface area contributed by atoms with Crippen LogP contribution in [0.4, 0.5) is 0 Å². The summed E-state index contributed by atoms with van der Waals surface area (Å²) in [5.41, 5.74) is 1.27.